The molecule has 1 aliphatic heterocycles. The first kappa shape index (κ1) is 21.8. The molecule has 0 radical (unpaired) electrons. The zero-order chi connectivity index (χ0) is 22.5. The van der Waals surface area contributed by atoms with Gasteiger partial charge in [-0.05, 0) is 12.1 Å². The number of ether oxygens (including phenoxy) is 2. The van der Waals surface area contributed by atoms with Gasteiger partial charge in [-0.25, -0.2) is 22.0 Å². The lowest BCUT2D eigenvalue weighted by atomic mass is 10.2. The summed E-state index contributed by atoms with van der Waals surface area (Å²) in [5, 5.41) is 7.09. The fourth-order valence-corrected chi connectivity index (χ4v) is 2.37. The molecule has 2 amide bonds. The number of hydrogen-bond donors (Lipinski definition) is 2. The van der Waals surface area contributed by atoms with Gasteiger partial charge in [0.15, 0.2) is 41.4 Å². The zero-order valence-corrected chi connectivity index (χ0v) is 15.3. The standard InChI is InChI=1S/C18H12F5N3O5/c19-13-14(20)16(22)18(17(23)15(13)21)26-12(28)7-31-24-6-11(27)25-8-1-2-9-10(5-8)30-4-3-29-9/h1-2,5-6H,3-4,7H2,(H,25,27)(H,26,28)/b24-6+. The maximum atomic E-state index is 13.5. The van der Waals surface area contributed by atoms with E-state index in [1.54, 1.807) is 6.07 Å². The molecule has 2 aromatic carbocycles. The SMILES string of the molecule is O=C(/C=N/OCC(=O)Nc1c(F)c(F)c(F)c(F)c1F)Nc1ccc2c(c1)OCCO2. The third kappa shape index (κ3) is 4.99. The second-order valence-electron chi connectivity index (χ2n) is 5.85. The lowest BCUT2D eigenvalue weighted by Crippen LogP contribution is -2.21. The fourth-order valence-electron chi connectivity index (χ4n) is 2.37. The van der Waals surface area contributed by atoms with Crippen LogP contribution in [-0.4, -0.2) is 37.8 Å². The molecule has 0 saturated carbocycles. The van der Waals surface area contributed by atoms with Crippen molar-refractivity contribution in [2.75, 3.05) is 30.5 Å². The van der Waals surface area contributed by atoms with Crippen LogP contribution in [0.5, 0.6) is 11.5 Å². The summed E-state index contributed by atoms with van der Waals surface area (Å²) >= 11 is 0. The van der Waals surface area contributed by atoms with E-state index in [0.717, 1.165) is 0 Å². The number of halogens is 5. The fraction of sp³-hybridized carbons (Fsp3) is 0.167. The van der Waals surface area contributed by atoms with Crippen LogP contribution >= 0.6 is 0 Å². The molecule has 31 heavy (non-hydrogen) atoms. The summed E-state index contributed by atoms with van der Waals surface area (Å²) in [6.07, 6.45) is 0.655. The van der Waals surface area contributed by atoms with E-state index in [9.17, 15) is 31.5 Å². The summed E-state index contributed by atoms with van der Waals surface area (Å²) in [4.78, 5) is 27.8. The molecule has 0 spiro atoms. The van der Waals surface area contributed by atoms with Crippen LogP contribution in [-0.2, 0) is 14.4 Å². The Hall–Kier alpha value is -3.90. The van der Waals surface area contributed by atoms with Crippen LogP contribution in [0.25, 0.3) is 0 Å². The van der Waals surface area contributed by atoms with Gasteiger partial charge in [0, 0.05) is 11.8 Å². The zero-order valence-electron chi connectivity index (χ0n) is 15.3. The monoisotopic (exact) mass is 445 g/mol. The lowest BCUT2D eigenvalue weighted by Gasteiger charge is -2.18. The topological polar surface area (TPSA) is 98.2 Å². The minimum atomic E-state index is -2.36. The molecule has 0 aliphatic carbocycles. The summed E-state index contributed by atoms with van der Waals surface area (Å²) in [6, 6.07) is 4.64. The van der Waals surface area contributed by atoms with E-state index in [4.69, 9.17) is 9.47 Å². The van der Waals surface area contributed by atoms with E-state index in [-0.39, 0.29) is 0 Å². The number of carbonyl (C=O) groups excluding carboxylic acids is 2. The van der Waals surface area contributed by atoms with E-state index in [1.165, 1.54) is 17.4 Å². The predicted molar refractivity (Wildman–Crippen MR) is 95.4 cm³/mol. The summed E-state index contributed by atoms with van der Waals surface area (Å²) in [5.74, 6) is -12.3. The van der Waals surface area contributed by atoms with Crippen LogP contribution in [0.2, 0.25) is 0 Å². The van der Waals surface area contributed by atoms with Gasteiger partial charge in [0.1, 0.15) is 25.1 Å². The summed E-state index contributed by atoms with van der Waals surface area (Å²) in [6.45, 7) is -0.222. The maximum Gasteiger partial charge on any atom is 0.270 e. The van der Waals surface area contributed by atoms with Crippen LogP contribution < -0.4 is 20.1 Å². The van der Waals surface area contributed by atoms with Gasteiger partial charge in [-0.2, -0.15) is 0 Å². The first-order chi connectivity index (χ1) is 14.8. The number of oxime groups is 1. The molecule has 0 bridgehead atoms. The minimum Gasteiger partial charge on any atom is -0.486 e. The van der Waals surface area contributed by atoms with Gasteiger partial charge in [-0.15, -0.1) is 0 Å². The van der Waals surface area contributed by atoms with E-state index < -0.39 is 53.2 Å². The number of anilines is 2. The minimum absolute atomic E-state index is 0.352. The molecule has 0 atom stereocenters. The van der Waals surface area contributed by atoms with Crippen LogP contribution in [0.3, 0.4) is 0 Å². The van der Waals surface area contributed by atoms with Gasteiger partial charge in [0.2, 0.25) is 5.82 Å². The third-order valence-corrected chi connectivity index (χ3v) is 3.72. The van der Waals surface area contributed by atoms with Crippen molar-refractivity contribution in [2.45, 2.75) is 0 Å². The highest BCUT2D eigenvalue weighted by atomic mass is 19.2. The summed E-state index contributed by atoms with van der Waals surface area (Å²) in [5.41, 5.74) is -1.19. The first-order valence-corrected chi connectivity index (χ1v) is 8.45. The van der Waals surface area contributed by atoms with Gasteiger partial charge in [0.25, 0.3) is 11.8 Å². The van der Waals surface area contributed by atoms with Crippen molar-refractivity contribution in [2.24, 2.45) is 5.16 Å². The molecular weight excluding hydrogens is 433 g/mol. The second kappa shape index (κ2) is 9.28. The van der Waals surface area contributed by atoms with Crippen molar-refractivity contribution >= 4 is 29.4 Å². The molecule has 3 rings (SSSR count). The van der Waals surface area contributed by atoms with Crippen molar-refractivity contribution in [3.05, 3.63) is 47.3 Å². The van der Waals surface area contributed by atoms with Crippen molar-refractivity contribution in [3.63, 3.8) is 0 Å². The number of fused-ring (bicyclic) bond motifs is 1. The van der Waals surface area contributed by atoms with Crippen LogP contribution in [0.4, 0.5) is 33.3 Å². The number of hydrogen-bond acceptors (Lipinski definition) is 6. The van der Waals surface area contributed by atoms with Crippen molar-refractivity contribution < 1.29 is 45.9 Å². The highest BCUT2D eigenvalue weighted by Gasteiger charge is 2.26. The number of carbonyl (C=O) groups is 2. The predicted octanol–water partition coefficient (Wildman–Crippen LogP) is 2.73. The maximum absolute atomic E-state index is 13.5. The van der Waals surface area contributed by atoms with Crippen LogP contribution in [0, 0.1) is 29.1 Å². The molecule has 164 valence electrons. The van der Waals surface area contributed by atoms with E-state index >= 15 is 0 Å². The number of nitrogens with zero attached hydrogens (tertiary/aromatic N) is 1. The largest absolute Gasteiger partial charge is 0.486 e. The molecule has 8 nitrogen and oxygen atoms in total. The number of benzene rings is 2. The quantitative estimate of drug-likeness (QED) is 0.234. The normalized spacial score (nSPS) is 12.5. The van der Waals surface area contributed by atoms with Gasteiger partial charge >= 0.3 is 0 Å². The number of amides is 2. The molecule has 1 heterocycles. The summed E-state index contributed by atoms with van der Waals surface area (Å²) < 4.78 is 76.8. The Kier molecular flexibility index (Phi) is 6.52. The smallest absolute Gasteiger partial charge is 0.270 e. The van der Waals surface area contributed by atoms with Gasteiger partial charge in [0.05, 0.1) is 0 Å². The Morgan fingerprint density at radius 1 is 0.935 bits per heavy atom. The number of rotatable bonds is 6. The average Bonchev–Trinajstić information content (AvgIpc) is 2.77. The molecule has 0 saturated heterocycles. The van der Waals surface area contributed by atoms with E-state index in [1.807, 2.05) is 0 Å². The molecule has 1 aliphatic rings. The Balaban J connectivity index is 1.51. The summed E-state index contributed by atoms with van der Waals surface area (Å²) in [7, 11) is 0. The molecule has 2 aromatic rings. The highest BCUT2D eigenvalue weighted by Crippen LogP contribution is 2.32. The van der Waals surface area contributed by atoms with Gasteiger partial charge < -0.3 is 24.9 Å². The van der Waals surface area contributed by atoms with Crippen LogP contribution in [0.1, 0.15) is 0 Å². The molecule has 2 N–H and O–H groups in total. The average molecular weight is 445 g/mol. The second-order valence-corrected chi connectivity index (χ2v) is 5.85. The Morgan fingerprint density at radius 2 is 1.55 bits per heavy atom. The molecule has 13 heteroatoms. The highest BCUT2D eigenvalue weighted by molar-refractivity contribution is 6.31. The number of nitrogens with one attached hydrogen (secondary N) is 2. The molecule has 0 fully saturated rings. The van der Waals surface area contributed by atoms with Crippen molar-refractivity contribution in [1.29, 1.82) is 0 Å². The molecular formula is C18H12F5N3O5. The Morgan fingerprint density at radius 3 is 2.23 bits per heavy atom. The van der Waals surface area contributed by atoms with Crippen LogP contribution in [0.15, 0.2) is 23.4 Å². The van der Waals surface area contributed by atoms with Crippen molar-refractivity contribution in [1.82, 2.24) is 0 Å². The molecule has 0 aromatic heterocycles. The van der Waals surface area contributed by atoms with E-state index in [2.05, 4.69) is 15.3 Å². The lowest BCUT2D eigenvalue weighted by molar-refractivity contribution is -0.120. The third-order valence-electron chi connectivity index (χ3n) is 3.72. The van der Waals surface area contributed by atoms with Gasteiger partial charge in [-0.3, -0.25) is 9.59 Å². The molecule has 0 unspecified atom stereocenters. The van der Waals surface area contributed by atoms with E-state index in [0.29, 0.717) is 36.6 Å². The Bertz CT molecular complexity index is 1030. The Labute approximate surface area is 170 Å². The van der Waals surface area contributed by atoms with Crippen molar-refractivity contribution in [3.8, 4) is 11.5 Å². The first-order valence-electron chi connectivity index (χ1n) is 8.45. The van der Waals surface area contributed by atoms with Gasteiger partial charge in [-0.1, -0.05) is 5.16 Å².